The molecule has 0 heterocycles. The van der Waals surface area contributed by atoms with Gasteiger partial charge in [0.25, 0.3) is 0 Å². The van der Waals surface area contributed by atoms with Crippen LogP contribution in [0.4, 0.5) is 0 Å². The number of hydrogen-bond acceptors (Lipinski definition) is 3. The highest BCUT2D eigenvalue weighted by atomic mass is 127. The zero-order valence-electron chi connectivity index (χ0n) is 10.2. The lowest BCUT2D eigenvalue weighted by molar-refractivity contribution is -0.145. The fourth-order valence-corrected chi connectivity index (χ4v) is 1.95. The van der Waals surface area contributed by atoms with Crippen molar-refractivity contribution in [2.45, 2.75) is 39.9 Å². The third-order valence-corrected chi connectivity index (χ3v) is 3.08. The molecular weight excluding hydrogens is 305 g/mol. The summed E-state index contributed by atoms with van der Waals surface area (Å²) in [7, 11) is 2.03. The number of aliphatic hydroxyl groups is 1. The molecule has 0 spiro atoms. The van der Waals surface area contributed by atoms with Crippen LogP contribution in [-0.2, 0) is 4.74 Å². The minimum absolute atomic E-state index is 0.252. The molecule has 0 saturated heterocycles. The number of hydrogen-bond donors (Lipinski definition) is 1. The summed E-state index contributed by atoms with van der Waals surface area (Å²) in [5.74, 6) is 0.722. The van der Waals surface area contributed by atoms with Crippen LogP contribution in [0.2, 0.25) is 0 Å². The number of aliphatic hydroxyl groups excluding tert-OH is 1. The van der Waals surface area contributed by atoms with Gasteiger partial charge in [-0.1, -0.05) is 20.8 Å². The highest BCUT2D eigenvalue weighted by Crippen LogP contribution is 2.20. The Morgan fingerprint density at radius 3 is 2.40 bits per heavy atom. The van der Waals surface area contributed by atoms with Crippen LogP contribution in [0.1, 0.15) is 33.6 Å². The minimum Gasteiger partial charge on any atom is -0.368 e. The van der Waals surface area contributed by atoms with E-state index in [1.165, 1.54) is 0 Å². The summed E-state index contributed by atoms with van der Waals surface area (Å²) in [6.45, 7) is 7.97. The largest absolute Gasteiger partial charge is 0.368 e. The van der Waals surface area contributed by atoms with Crippen molar-refractivity contribution in [1.82, 2.24) is 3.11 Å². The minimum atomic E-state index is -0.602. The predicted octanol–water partition coefficient (Wildman–Crippen LogP) is 2.68. The molecule has 0 aliphatic heterocycles. The van der Waals surface area contributed by atoms with Gasteiger partial charge >= 0.3 is 0 Å². The number of rotatable bonds is 8. The Bertz CT molecular complexity index is 154. The monoisotopic (exact) mass is 329 g/mol. The molecule has 0 radical (unpaired) electrons. The fraction of sp³-hybridized carbons (Fsp3) is 1.00. The van der Waals surface area contributed by atoms with Gasteiger partial charge in [-0.2, -0.15) is 0 Å². The highest BCUT2D eigenvalue weighted by Gasteiger charge is 2.20. The second-order valence-electron chi connectivity index (χ2n) is 4.26. The number of nitrogens with zero attached hydrogens (tertiary/aromatic N) is 1. The first-order valence-corrected chi connectivity index (χ1v) is 6.62. The molecule has 4 heteroatoms. The van der Waals surface area contributed by atoms with Crippen LogP contribution in [0.15, 0.2) is 0 Å². The quantitative estimate of drug-likeness (QED) is 0.322. The van der Waals surface area contributed by atoms with E-state index in [4.69, 9.17) is 4.74 Å². The van der Waals surface area contributed by atoms with Crippen molar-refractivity contribution < 1.29 is 9.84 Å². The first-order valence-electron chi connectivity index (χ1n) is 5.65. The maximum Gasteiger partial charge on any atom is 0.157 e. The smallest absolute Gasteiger partial charge is 0.157 e. The average molecular weight is 329 g/mol. The molecule has 0 aromatic rings. The van der Waals surface area contributed by atoms with Crippen molar-refractivity contribution in [3.8, 4) is 0 Å². The second kappa shape index (κ2) is 8.73. The summed E-state index contributed by atoms with van der Waals surface area (Å²) < 4.78 is 7.52. The van der Waals surface area contributed by atoms with Gasteiger partial charge in [0.2, 0.25) is 0 Å². The number of halogens is 1. The Morgan fingerprint density at radius 2 is 2.00 bits per heavy atom. The molecule has 0 bridgehead atoms. The molecule has 0 amide bonds. The summed E-state index contributed by atoms with van der Waals surface area (Å²) in [6, 6.07) is 0. The van der Waals surface area contributed by atoms with Gasteiger partial charge in [0, 0.05) is 35.3 Å². The third-order valence-electron chi connectivity index (χ3n) is 2.59. The van der Waals surface area contributed by atoms with Crippen LogP contribution < -0.4 is 0 Å². The Hall–Kier alpha value is 0.610. The lowest BCUT2D eigenvalue weighted by Crippen LogP contribution is -2.28. The van der Waals surface area contributed by atoms with E-state index in [1.807, 2.05) is 7.05 Å². The van der Waals surface area contributed by atoms with Crippen molar-refractivity contribution in [1.29, 1.82) is 0 Å². The van der Waals surface area contributed by atoms with Crippen LogP contribution in [-0.4, -0.2) is 34.7 Å². The molecule has 15 heavy (non-hydrogen) atoms. The SMILES string of the molecule is CCC(C(C)C)C(O)OCCCN(C)I. The maximum atomic E-state index is 9.81. The maximum absolute atomic E-state index is 9.81. The van der Waals surface area contributed by atoms with Crippen molar-refractivity contribution in [2.75, 3.05) is 20.2 Å². The van der Waals surface area contributed by atoms with Gasteiger partial charge in [0.05, 0.1) is 6.61 Å². The van der Waals surface area contributed by atoms with E-state index >= 15 is 0 Å². The van der Waals surface area contributed by atoms with Crippen LogP contribution >= 0.6 is 22.9 Å². The lowest BCUT2D eigenvalue weighted by atomic mass is 9.93. The van der Waals surface area contributed by atoms with E-state index in [0.717, 1.165) is 19.4 Å². The highest BCUT2D eigenvalue weighted by molar-refractivity contribution is 14.1. The molecule has 0 aliphatic rings. The molecular formula is C11H24INO2. The van der Waals surface area contributed by atoms with Crippen LogP contribution in [0.25, 0.3) is 0 Å². The molecule has 0 aliphatic carbocycles. The molecule has 3 nitrogen and oxygen atoms in total. The molecule has 0 aromatic carbocycles. The van der Waals surface area contributed by atoms with Crippen molar-refractivity contribution in [2.24, 2.45) is 11.8 Å². The van der Waals surface area contributed by atoms with Crippen molar-refractivity contribution in [3.05, 3.63) is 0 Å². The first-order chi connectivity index (χ1) is 6.99. The Morgan fingerprint density at radius 1 is 1.40 bits per heavy atom. The van der Waals surface area contributed by atoms with E-state index in [-0.39, 0.29) is 5.92 Å². The summed E-state index contributed by atoms with van der Waals surface area (Å²) >= 11 is 2.25. The van der Waals surface area contributed by atoms with Crippen molar-refractivity contribution in [3.63, 3.8) is 0 Å². The average Bonchev–Trinajstić information content (AvgIpc) is 2.12. The molecule has 1 N–H and O–H groups in total. The van der Waals surface area contributed by atoms with E-state index in [0.29, 0.717) is 12.5 Å². The van der Waals surface area contributed by atoms with Gasteiger partial charge in [0.15, 0.2) is 6.29 Å². The summed E-state index contributed by atoms with van der Waals surface area (Å²) in [5.41, 5.74) is 0. The molecule has 2 unspecified atom stereocenters. The fourth-order valence-electron chi connectivity index (χ4n) is 1.61. The van der Waals surface area contributed by atoms with E-state index < -0.39 is 6.29 Å². The van der Waals surface area contributed by atoms with Crippen LogP contribution in [0.5, 0.6) is 0 Å². The summed E-state index contributed by atoms with van der Waals surface area (Å²) in [6.07, 6.45) is 1.32. The Balaban J connectivity index is 3.66. The molecule has 0 aromatic heterocycles. The molecule has 2 atom stereocenters. The predicted molar refractivity (Wildman–Crippen MR) is 71.8 cm³/mol. The second-order valence-corrected chi connectivity index (χ2v) is 5.91. The normalized spacial score (nSPS) is 16.0. The summed E-state index contributed by atoms with van der Waals surface area (Å²) in [5, 5.41) is 9.81. The molecule has 0 saturated carbocycles. The van der Waals surface area contributed by atoms with E-state index in [9.17, 15) is 5.11 Å². The first kappa shape index (κ1) is 15.6. The van der Waals surface area contributed by atoms with Gasteiger partial charge in [-0.05, 0) is 25.8 Å². The molecule has 92 valence electrons. The van der Waals surface area contributed by atoms with Gasteiger partial charge in [-0.3, -0.25) is 3.11 Å². The zero-order chi connectivity index (χ0) is 11.8. The van der Waals surface area contributed by atoms with Gasteiger partial charge in [-0.15, -0.1) is 0 Å². The van der Waals surface area contributed by atoms with Gasteiger partial charge in [-0.25, -0.2) is 0 Å². The topological polar surface area (TPSA) is 32.7 Å². The standard InChI is InChI=1S/C11H24INO2/c1-5-10(9(2)3)11(14)15-8-6-7-13(4)12/h9-11,14H,5-8H2,1-4H3. The lowest BCUT2D eigenvalue weighted by Gasteiger charge is -2.25. The molecule has 0 fully saturated rings. The van der Waals surface area contributed by atoms with E-state index in [1.54, 1.807) is 0 Å². The van der Waals surface area contributed by atoms with Gasteiger partial charge < -0.3 is 9.84 Å². The van der Waals surface area contributed by atoms with E-state index in [2.05, 4.69) is 46.7 Å². The van der Waals surface area contributed by atoms with Crippen LogP contribution in [0.3, 0.4) is 0 Å². The van der Waals surface area contributed by atoms with Gasteiger partial charge in [0.1, 0.15) is 0 Å². The Labute approximate surface area is 108 Å². The zero-order valence-corrected chi connectivity index (χ0v) is 12.4. The third kappa shape index (κ3) is 7.49. The summed E-state index contributed by atoms with van der Waals surface area (Å²) in [4.78, 5) is 0. The Kier molecular flexibility index (Phi) is 9.08. The van der Waals surface area contributed by atoms with Crippen LogP contribution in [0, 0.1) is 11.8 Å². The molecule has 0 rings (SSSR count). The number of ether oxygens (including phenoxy) is 1. The van der Waals surface area contributed by atoms with Crippen molar-refractivity contribution >= 4 is 22.9 Å².